The van der Waals surface area contributed by atoms with Gasteiger partial charge in [-0.05, 0) is 50.7 Å². The minimum atomic E-state index is -1.42. The van der Waals surface area contributed by atoms with E-state index in [2.05, 4.69) is 26.2 Å². The molecule has 2 aliphatic heterocycles. The Bertz CT molecular complexity index is 980. The van der Waals surface area contributed by atoms with E-state index in [9.17, 15) is 8.78 Å². The van der Waals surface area contributed by atoms with Gasteiger partial charge in [0.05, 0.1) is 17.6 Å². The third-order valence-corrected chi connectivity index (χ3v) is 6.33. The van der Waals surface area contributed by atoms with Crippen LogP contribution in [0.5, 0.6) is 0 Å². The number of aromatic nitrogens is 1. The standard InChI is InChI=1S/C23H25F3N4/c1-14-10-20-21(12-27-14)30(17-3-4-17)22(13-28-20)29-8-6-15(7-9-29)23(26)18-5-2-16(24)11-19(18)25/h2,5,10-13,15,17,23,28H,3-4,6-9H2,1H3. The molecule has 3 heterocycles. The predicted molar refractivity (Wildman–Crippen MR) is 111 cm³/mol. The number of hydrogen-bond donors (Lipinski definition) is 1. The van der Waals surface area contributed by atoms with Crippen molar-refractivity contribution < 1.29 is 13.2 Å². The molecule has 1 aromatic heterocycles. The second-order valence-electron chi connectivity index (χ2n) is 8.48. The van der Waals surface area contributed by atoms with Gasteiger partial charge < -0.3 is 15.1 Å². The molecule has 1 saturated heterocycles. The van der Waals surface area contributed by atoms with Crippen LogP contribution in [0.2, 0.25) is 0 Å². The molecule has 1 aliphatic carbocycles. The van der Waals surface area contributed by atoms with Crippen LogP contribution in [-0.2, 0) is 0 Å². The summed E-state index contributed by atoms with van der Waals surface area (Å²) in [7, 11) is 0. The molecule has 1 saturated carbocycles. The Balaban J connectivity index is 1.30. The number of halogens is 3. The number of pyridine rings is 1. The zero-order valence-electron chi connectivity index (χ0n) is 16.9. The molecule has 0 bridgehead atoms. The Hall–Kier alpha value is -2.70. The van der Waals surface area contributed by atoms with Crippen LogP contribution < -0.4 is 10.2 Å². The van der Waals surface area contributed by atoms with E-state index in [-0.39, 0.29) is 11.5 Å². The van der Waals surface area contributed by atoms with Gasteiger partial charge in [0, 0.05) is 42.7 Å². The molecular formula is C23H25F3N4. The van der Waals surface area contributed by atoms with Gasteiger partial charge in [-0.1, -0.05) is 6.07 Å². The molecule has 5 rings (SSSR count). The lowest BCUT2D eigenvalue weighted by molar-refractivity contribution is 0.135. The van der Waals surface area contributed by atoms with E-state index in [1.165, 1.54) is 6.07 Å². The number of fused-ring (bicyclic) bond motifs is 1. The number of anilines is 2. The van der Waals surface area contributed by atoms with Crippen molar-refractivity contribution in [1.29, 1.82) is 0 Å². The Kier molecular flexibility index (Phi) is 4.83. The molecule has 7 heteroatoms. The summed E-state index contributed by atoms with van der Waals surface area (Å²) in [5.41, 5.74) is 3.07. The normalized spacial score (nSPS) is 20.5. The summed E-state index contributed by atoms with van der Waals surface area (Å²) in [6.45, 7) is 3.36. The molecule has 30 heavy (non-hydrogen) atoms. The van der Waals surface area contributed by atoms with Gasteiger partial charge in [-0.25, -0.2) is 13.2 Å². The van der Waals surface area contributed by atoms with Crippen LogP contribution in [0.15, 0.2) is 42.5 Å². The van der Waals surface area contributed by atoms with Gasteiger partial charge in [-0.2, -0.15) is 0 Å². The minimum Gasteiger partial charge on any atom is -0.357 e. The molecule has 158 valence electrons. The summed E-state index contributed by atoms with van der Waals surface area (Å²) in [6, 6.07) is 5.64. The van der Waals surface area contributed by atoms with Gasteiger partial charge >= 0.3 is 0 Å². The van der Waals surface area contributed by atoms with Gasteiger partial charge in [0.1, 0.15) is 23.6 Å². The summed E-state index contributed by atoms with van der Waals surface area (Å²) in [6.07, 6.45) is 6.07. The van der Waals surface area contributed by atoms with Gasteiger partial charge in [0.15, 0.2) is 0 Å². The number of alkyl halides is 1. The molecule has 0 radical (unpaired) electrons. The average Bonchev–Trinajstić information content (AvgIpc) is 3.57. The lowest BCUT2D eigenvalue weighted by atomic mass is 9.88. The number of piperidine rings is 1. The molecule has 1 aromatic carbocycles. The number of aryl methyl sites for hydroxylation is 1. The second-order valence-corrected chi connectivity index (χ2v) is 8.48. The Morgan fingerprint density at radius 1 is 1.10 bits per heavy atom. The maximum Gasteiger partial charge on any atom is 0.132 e. The third kappa shape index (κ3) is 3.50. The zero-order valence-corrected chi connectivity index (χ0v) is 16.9. The van der Waals surface area contributed by atoms with Crippen molar-refractivity contribution in [3.05, 3.63) is 65.4 Å². The highest BCUT2D eigenvalue weighted by atomic mass is 19.1. The molecule has 2 fully saturated rings. The molecular weight excluding hydrogens is 389 g/mol. The van der Waals surface area contributed by atoms with E-state index in [1.54, 1.807) is 0 Å². The maximum absolute atomic E-state index is 15.0. The van der Waals surface area contributed by atoms with Crippen LogP contribution in [0.3, 0.4) is 0 Å². The summed E-state index contributed by atoms with van der Waals surface area (Å²) in [5.74, 6) is -0.662. The van der Waals surface area contributed by atoms with Crippen molar-refractivity contribution >= 4 is 11.4 Å². The van der Waals surface area contributed by atoms with E-state index in [0.29, 0.717) is 32.0 Å². The van der Waals surface area contributed by atoms with Crippen LogP contribution in [0.25, 0.3) is 0 Å². The smallest absolute Gasteiger partial charge is 0.132 e. The number of likely N-dealkylation sites (tertiary alicyclic amines) is 1. The number of nitrogens with one attached hydrogen (secondary N) is 1. The number of hydrogen-bond acceptors (Lipinski definition) is 4. The molecule has 0 amide bonds. The van der Waals surface area contributed by atoms with Gasteiger partial charge in [0.25, 0.3) is 0 Å². The quantitative estimate of drug-likeness (QED) is 0.737. The van der Waals surface area contributed by atoms with Crippen LogP contribution in [-0.4, -0.2) is 29.0 Å². The first-order valence-electron chi connectivity index (χ1n) is 10.6. The Morgan fingerprint density at radius 2 is 1.87 bits per heavy atom. The topological polar surface area (TPSA) is 31.4 Å². The van der Waals surface area contributed by atoms with Crippen LogP contribution in [0.4, 0.5) is 24.5 Å². The highest BCUT2D eigenvalue weighted by molar-refractivity contribution is 5.76. The predicted octanol–water partition coefficient (Wildman–Crippen LogP) is 5.28. The van der Waals surface area contributed by atoms with Gasteiger partial charge in [-0.3, -0.25) is 4.98 Å². The maximum atomic E-state index is 15.0. The van der Waals surface area contributed by atoms with E-state index in [0.717, 1.165) is 47.9 Å². The molecule has 2 aromatic rings. The summed E-state index contributed by atoms with van der Waals surface area (Å²) < 4.78 is 42.2. The summed E-state index contributed by atoms with van der Waals surface area (Å²) in [4.78, 5) is 9.10. The highest BCUT2D eigenvalue weighted by Crippen LogP contribution is 2.43. The SMILES string of the molecule is Cc1cc2c(cn1)N(C1CC1)C(N1CCC(C(F)c3ccc(F)cc3F)CC1)=CN2. The molecule has 0 spiro atoms. The van der Waals surface area contributed by atoms with Gasteiger partial charge in [0.2, 0.25) is 0 Å². The van der Waals surface area contributed by atoms with Crippen LogP contribution in [0, 0.1) is 24.5 Å². The fraction of sp³-hybridized carbons (Fsp3) is 0.435. The Morgan fingerprint density at radius 3 is 2.57 bits per heavy atom. The summed E-state index contributed by atoms with van der Waals surface area (Å²) >= 11 is 0. The van der Waals surface area contributed by atoms with Crippen molar-refractivity contribution in [2.24, 2.45) is 5.92 Å². The molecule has 1 unspecified atom stereocenters. The lowest BCUT2D eigenvalue weighted by Gasteiger charge is -2.42. The zero-order chi connectivity index (χ0) is 20.8. The monoisotopic (exact) mass is 414 g/mol. The largest absolute Gasteiger partial charge is 0.357 e. The van der Waals surface area contributed by atoms with Crippen molar-refractivity contribution in [2.45, 2.75) is 44.8 Å². The third-order valence-electron chi connectivity index (χ3n) is 6.33. The van der Waals surface area contributed by atoms with E-state index in [1.807, 2.05) is 19.3 Å². The van der Waals surface area contributed by atoms with Crippen molar-refractivity contribution in [1.82, 2.24) is 9.88 Å². The second kappa shape index (κ2) is 7.52. The number of rotatable bonds is 4. The van der Waals surface area contributed by atoms with E-state index in [4.69, 9.17) is 0 Å². The van der Waals surface area contributed by atoms with Crippen molar-refractivity contribution in [3.63, 3.8) is 0 Å². The lowest BCUT2D eigenvalue weighted by Crippen LogP contribution is -2.43. The van der Waals surface area contributed by atoms with Gasteiger partial charge in [-0.15, -0.1) is 0 Å². The highest BCUT2D eigenvalue weighted by Gasteiger charge is 2.38. The summed E-state index contributed by atoms with van der Waals surface area (Å²) in [5, 5.41) is 3.39. The molecule has 1 atom stereocenters. The first kappa shape index (κ1) is 19.3. The van der Waals surface area contributed by atoms with Crippen LogP contribution >= 0.6 is 0 Å². The number of nitrogens with zero attached hydrogens (tertiary/aromatic N) is 3. The first-order chi connectivity index (χ1) is 14.5. The fourth-order valence-corrected chi connectivity index (χ4v) is 4.56. The molecule has 4 nitrogen and oxygen atoms in total. The van der Waals surface area contributed by atoms with E-state index >= 15 is 4.39 Å². The van der Waals surface area contributed by atoms with Crippen molar-refractivity contribution in [3.8, 4) is 0 Å². The van der Waals surface area contributed by atoms with Crippen LogP contribution in [0.1, 0.15) is 43.1 Å². The first-order valence-corrected chi connectivity index (χ1v) is 10.6. The molecule has 3 aliphatic rings. The average molecular weight is 414 g/mol. The fourth-order valence-electron chi connectivity index (χ4n) is 4.56. The van der Waals surface area contributed by atoms with Crippen molar-refractivity contribution in [2.75, 3.05) is 23.3 Å². The Labute approximate surface area is 174 Å². The number of benzene rings is 1. The molecule has 1 N–H and O–H groups in total. The minimum absolute atomic E-state index is 0.0385. The van der Waals surface area contributed by atoms with E-state index < -0.39 is 17.8 Å².